The second-order valence-electron chi connectivity index (χ2n) is 12.4. The van der Waals surface area contributed by atoms with Crippen LogP contribution in [0.25, 0.3) is 32.9 Å². The van der Waals surface area contributed by atoms with Gasteiger partial charge in [-0.3, -0.25) is 34.4 Å². The van der Waals surface area contributed by atoms with E-state index < -0.39 is 29.7 Å². The molecule has 1 saturated heterocycles. The van der Waals surface area contributed by atoms with Crippen molar-refractivity contribution in [1.82, 2.24) is 30.2 Å². The molecule has 4 amide bonds. The van der Waals surface area contributed by atoms with E-state index in [1.165, 1.54) is 12.3 Å². The predicted molar refractivity (Wildman–Crippen MR) is 192 cm³/mol. The number of nitrogens with one attached hydrogen (secondary N) is 2. The van der Waals surface area contributed by atoms with E-state index in [1.54, 1.807) is 12.4 Å². The van der Waals surface area contributed by atoms with E-state index in [1.807, 2.05) is 24.4 Å². The molecular formula is C38H38N6O10. The van der Waals surface area contributed by atoms with Crippen molar-refractivity contribution >= 4 is 45.4 Å². The standard InChI is InChI=1S/C38H38N6O10/c45-33-5-4-32(36(46)43-33)44-37(47)27-20-35(41-23-29(27)38(44)48)54-18-16-52-14-12-50-10-9-49-11-13-51-15-17-53-34-6-2-25(21-40-34)24-1-3-26-28-22-39-8-7-30(28)42-31(26)19-24/h1-3,6-8,19-23,32,42H,4-5,9-18H2,(H,43,45,46). The third-order valence-electron chi connectivity index (χ3n) is 8.84. The minimum absolute atomic E-state index is 0.0460. The van der Waals surface area contributed by atoms with Crippen LogP contribution in [0.4, 0.5) is 0 Å². The summed E-state index contributed by atoms with van der Waals surface area (Å²) in [6, 6.07) is 12.4. The summed E-state index contributed by atoms with van der Waals surface area (Å²) >= 11 is 0. The van der Waals surface area contributed by atoms with Crippen LogP contribution in [0.1, 0.15) is 33.6 Å². The van der Waals surface area contributed by atoms with E-state index in [2.05, 4.69) is 43.5 Å². The van der Waals surface area contributed by atoms with Gasteiger partial charge in [0.05, 0.1) is 64.0 Å². The minimum Gasteiger partial charge on any atom is -0.475 e. The van der Waals surface area contributed by atoms with Crippen LogP contribution in [0.5, 0.6) is 11.8 Å². The number of benzene rings is 1. The maximum atomic E-state index is 12.9. The maximum absolute atomic E-state index is 12.9. The Labute approximate surface area is 309 Å². The smallest absolute Gasteiger partial charge is 0.263 e. The quantitative estimate of drug-likeness (QED) is 0.0929. The number of amides is 4. The van der Waals surface area contributed by atoms with E-state index in [9.17, 15) is 19.2 Å². The topological polar surface area (TPSA) is 193 Å². The van der Waals surface area contributed by atoms with Crippen LogP contribution in [-0.4, -0.2) is 121 Å². The number of carbonyl (C=O) groups is 4. The number of carbonyl (C=O) groups excluding carboxylic acids is 4. The van der Waals surface area contributed by atoms with Gasteiger partial charge in [-0.2, -0.15) is 0 Å². The zero-order chi connectivity index (χ0) is 37.3. The van der Waals surface area contributed by atoms with E-state index in [0.717, 1.165) is 37.8 Å². The van der Waals surface area contributed by atoms with Crippen molar-refractivity contribution in [2.24, 2.45) is 0 Å². The van der Waals surface area contributed by atoms with Gasteiger partial charge in [-0.15, -0.1) is 0 Å². The molecule has 0 saturated carbocycles. The van der Waals surface area contributed by atoms with E-state index >= 15 is 0 Å². The SMILES string of the molecule is O=C1CCC(N2C(=O)c3cnc(OCCOCCOCCOCCOCCOc4ccc(-c5ccc6c(c5)[nH]c5ccncc56)cn4)cc3C2=O)C(=O)N1. The Kier molecular flexibility index (Phi) is 11.7. The number of H-pyrrole nitrogens is 1. The number of pyridine rings is 3. The summed E-state index contributed by atoms with van der Waals surface area (Å²) < 4.78 is 33.4. The molecular weight excluding hydrogens is 700 g/mol. The first-order valence-corrected chi connectivity index (χ1v) is 17.6. The van der Waals surface area contributed by atoms with Crippen LogP contribution < -0.4 is 14.8 Å². The Balaban J connectivity index is 0.687. The van der Waals surface area contributed by atoms with Crippen LogP contribution in [0.15, 0.2) is 67.3 Å². The molecule has 2 aliphatic heterocycles. The predicted octanol–water partition coefficient (Wildman–Crippen LogP) is 3.10. The van der Waals surface area contributed by atoms with Gasteiger partial charge >= 0.3 is 0 Å². The van der Waals surface area contributed by atoms with E-state index in [0.29, 0.717) is 58.7 Å². The van der Waals surface area contributed by atoms with Crippen molar-refractivity contribution in [3.05, 3.63) is 78.4 Å². The fourth-order valence-electron chi connectivity index (χ4n) is 6.16. The van der Waals surface area contributed by atoms with E-state index in [-0.39, 0.29) is 43.1 Å². The Morgan fingerprint density at radius 3 is 1.96 bits per heavy atom. The molecule has 0 spiro atoms. The van der Waals surface area contributed by atoms with Crippen LogP contribution >= 0.6 is 0 Å². The number of hydrogen-bond donors (Lipinski definition) is 2. The summed E-state index contributed by atoms with van der Waals surface area (Å²) in [5.41, 5.74) is 4.33. The van der Waals surface area contributed by atoms with Crippen molar-refractivity contribution in [1.29, 1.82) is 0 Å². The summed E-state index contributed by atoms with van der Waals surface area (Å²) in [5, 5.41) is 4.40. The third-order valence-corrected chi connectivity index (χ3v) is 8.84. The molecule has 5 aromatic rings. The second-order valence-corrected chi connectivity index (χ2v) is 12.4. The number of imide groups is 2. The van der Waals surface area contributed by atoms with Gasteiger partial charge in [-0.1, -0.05) is 12.1 Å². The molecule has 2 N–H and O–H groups in total. The lowest BCUT2D eigenvalue weighted by Crippen LogP contribution is -2.54. The zero-order valence-electron chi connectivity index (χ0n) is 29.3. The van der Waals surface area contributed by atoms with E-state index in [4.69, 9.17) is 28.4 Å². The lowest BCUT2D eigenvalue weighted by Gasteiger charge is -2.27. The molecule has 0 aliphatic carbocycles. The number of aromatic nitrogens is 4. The Hall–Kier alpha value is -5.81. The Morgan fingerprint density at radius 1 is 0.630 bits per heavy atom. The highest BCUT2D eigenvalue weighted by Crippen LogP contribution is 2.30. The molecule has 0 bridgehead atoms. The molecule has 4 aromatic heterocycles. The number of fused-ring (bicyclic) bond motifs is 4. The third kappa shape index (κ3) is 8.52. The summed E-state index contributed by atoms with van der Waals surface area (Å²) in [6.45, 7) is 3.55. The van der Waals surface area contributed by atoms with Crippen LogP contribution in [-0.2, 0) is 28.5 Å². The lowest BCUT2D eigenvalue weighted by atomic mass is 10.0. The Morgan fingerprint density at radius 2 is 1.28 bits per heavy atom. The van der Waals surface area contributed by atoms with Gasteiger partial charge in [0, 0.05) is 70.7 Å². The van der Waals surface area contributed by atoms with Crippen LogP contribution in [0, 0.1) is 0 Å². The van der Waals surface area contributed by atoms with Crippen molar-refractivity contribution in [2.75, 3.05) is 66.1 Å². The molecule has 54 heavy (non-hydrogen) atoms. The number of ether oxygens (including phenoxy) is 6. The van der Waals surface area contributed by atoms with Gasteiger partial charge < -0.3 is 33.4 Å². The normalized spacial score (nSPS) is 15.6. The number of hydrogen-bond acceptors (Lipinski definition) is 13. The van der Waals surface area contributed by atoms with Gasteiger partial charge in [0.15, 0.2) is 0 Å². The fourth-order valence-corrected chi connectivity index (χ4v) is 6.16. The average Bonchev–Trinajstić information content (AvgIpc) is 3.68. The molecule has 16 nitrogen and oxygen atoms in total. The van der Waals surface area contributed by atoms with Crippen molar-refractivity contribution < 1.29 is 47.6 Å². The van der Waals surface area contributed by atoms with Gasteiger partial charge in [0.25, 0.3) is 11.8 Å². The number of piperidine rings is 1. The van der Waals surface area contributed by atoms with Crippen LogP contribution in [0.2, 0.25) is 0 Å². The monoisotopic (exact) mass is 738 g/mol. The van der Waals surface area contributed by atoms with Gasteiger partial charge in [0.1, 0.15) is 19.3 Å². The van der Waals surface area contributed by atoms with Gasteiger partial charge in [0.2, 0.25) is 23.6 Å². The number of rotatable bonds is 19. The summed E-state index contributed by atoms with van der Waals surface area (Å²) in [4.78, 5) is 66.4. The zero-order valence-corrected chi connectivity index (χ0v) is 29.3. The van der Waals surface area contributed by atoms with Gasteiger partial charge in [-0.05, 0) is 30.2 Å². The van der Waals surface area contributed by atoms with Crippen molar-refractivity contribution in [3.63, 3.8) is 0 Å². The first-order chi connectivity index (χ1) is 26.5. The molecule has 280 valence electrons. The molecule has 0 radical (unpaired) electrons. The molecule has 2 aliphatic rings. The van der Waals surface area contributed by atoms with Crippen molar-refractivity contribution in [3.8, 4) is 22.9 Å². The molecule has 1 fully saturated rings. The molecule has 1 unspecified atom stereocenters. The first-order valence-electron chi connectivity index (χ1n) is 17.6. The molecule has 7 rings (SSSR count). The highest BCUT2D eigenvalue weighted by atomic mass is 16.6. The molecule has 16 heteroatoms. The maximum Gasteiger partial charge on any atom is 0.263 e. The summed E-state index contributed by atoms with van der Waals surface area (Å²) in [7, 11) is 0. The molecule has 6 heterocycles. The average molecular weight is 739 g/mol. The number of nitrogens with zero attached hydrogens (tertiary/aromatic N) is 4. The molecule has 1 atom stereocenters. The minimum atomic E-state index is -1.04. The Bertz CT molecular complexity index is 2140. The fraction of sp³-hybridized carbons (Fsp3) is 0.342. The molecule has 1 aromatic carbocycles. The van der Waals surface area contributed by atoms with Crippen LogP contribution in [0.3, 0.4) is 0 Å². The second kappa shape index (κ2) is 17.3. The largest absolute Gasteiger partial charge is 0.475 e. The lowest BCUT2D eigenvalue weighted by molar-refractivity contribution is -0.136. The van der Waals surface area contributed by atoms with Crippen molar-refractivity contribution in [2.45, 2.75) is 18.9 Å². The number of aromatic amines is 1. The first kappa shape index (κ1) is 36.5. The summed E-state index contributed by atoms with van der Waals surface area (Å²) in [6.07, 6.45) is 6.82. The summed E-state index contributed by atoms with van der Waals surface area (Å²) in [5.74, 6) is -1.69. The highest BCUT2D eigenvalue weighted by molar-refractivity contribution is 6.23. The highest BCUT2D eigenvalue weighted by Gasteiger charge is 2.45. The van der Waals surface area contributed by atoms with Gasteiger partial charge in [-0.25, -0.2) is 9.97 Å².